The average Bonchev–Trinajstić information content (AvgIpc) is 2.72. The summed E-state index contributed by atoms with van der Waals surface area (Å²) in [5, 5.41) is 15.3. The number of carbonyl (C=O) groups excluding carboxylic acids is 1. The SMILES string of the molecule is CCOC(=O)/C(C#N)=C\Nc1ccsc1. The summed E-state index contributed by atoms with van der Waals surface area (Å²) in [6.45, 7) is 1.95. The van der Waals surface area contributed by atoms with Gasteiger partial charge in [0.15, 0.2) is 5.57 Å². The minimum atomic E-state index is -0.609. The van der Waals surface area contributed by atoms with E-state index in [0.717, 1.165) is 5.69 Å². The molecule has 0 bridgehead atoms. The maximum absolute atomic E-state index is 11.2. The van der Waals surface area contributed by atoms with Crippen LogP contribution in [0.1, 0.15) is 6.92 Å². The summed E-state index contributed by atoms with van der Waals surface area (Å²) in [5.41, 5.74) is 0.806. The molecule has 0 amide bonds. The van der Waals surface area contributed by atoms with E-state index >= 15 is 0 Å². The predicted octanol–water partition coefficient (Wildman–Crippen LogP) is 2.13. The van der Waals surface area contributed by atoms with Gasteiger partial charge in [-0.25, -0.2) is 4.79 Å². The van der Waals surface area contributed by atoms with Crippen LogP contribution in [0.25, 0.3) is 0 Å². The maximum Gasteiger partial charge on any atom is 0.350 e. The zero-order valence-electron chi connectivity index (χ0n) is 8.19. The lowest BCUT2D eigenvalue weighted by Gasteiger charge is -2.00. The normalized spacial score (nSPS) is 10.5. The number of esters is 1. The van der Waals surface area contributed by atoms with Gasteiger partial charge in [0.1, 0.15) is 6.07 Å². The topological polar surface area (TPSA) is 62.1 Å². The number of hydrogen-bond acceptors (Lipinski definition) is 5. The van der Waals surface area contributed by atoms with Gasteiger partial charge < -0.3 is 10.1 Å². The molecule has 1 aromatic heterocycles. The van der Waals surface area contributed by atoms with Gasteiger partial charge in [0.2, 0.25) is 0 Å². The largest absolute Gasteiger partial charge is 0.462 e. The molecule has 0 saturated heterocycles. The molecule has 1 rings (SSSR count). The molecule has 0 spiro atoms. The average molecular weight is 222 g/mol. The molecule has 1 heterocycles. The highest BCUT2D eigenvalue weighted by Crippen LogP contribution is 2.12. The first-order valence-electron chi connectivity index (χ1n) is 4.34. The summed E-state index contributed by atoms with van der Waals surface area (Å²) in [4.78, 5) is 11.2. The molecule has 1 N–H and O–H groups in total. The predicted molar refractivity (Wildman–Crippen MR) is 58.3 cm³/mol. The number of anilines is 1. The smallest absolute Gasteiger partial charge is 0.350 e. The molecule has 0 aromatic carbocycles. The van der Waals surface area contributed by atoms with Crippen molar-refractivity contribution < 1.29 is 9.53 Å². The van der Waals surface area contributed by atoms with Gasteiger partial charge in [0.25, 0.3) is 0 Å². The van der Waals surface area contributed by atoms with Crippen LogP contribution in [-0.4, -0.2) is 12.6 Å². The van der Waals surface area contributed by atoms with Crippen molar-refractivity contribution in [1.29, 1.82) is 5.26 Å². The standard InChI is InChI=1S/C10H10N2O2S/c1-2-14-10(13)8(5-11)6-12-9-3-4-15-7-9/h3-4,6-7,12H,2H2,1H3/b8-6-. The van der Waals surface area contributed by atoms with Gasteiger partial charge in [-0.1, -0.05) is 0 Å². The lowest BCUT2D eigenvalue weighted by molar-refractivity contribution is -0.138. The van der Waals surface area contributed by atoms with E-state index in [0.29, 0.717) is 0 Å². The van der Waals surface area contributed by atoms with E-state index < -0.39 is 5.97 Å². The van der Waals surface area contributed by atoms with E-state index in [1.165, 1.54) is 17.5 Å². The summed E-state index contributed by atoms with van der Waals surface area (Å²) in [6.07, 6.45) is 1.35. The summed E-state index contributed by atoms with van der Waals surface area (Å²) < 4.78 is 4.70. The fourth-order valence-corrected chi connectivity index (χ4v) is 1.44. The van der Waals surface area contributed by atoms with Crippen LogP contribution >= 0.6 is 11.3 Å². The molecular weight excluding hydrogens is 212 g/mol. The quantitative estimate of drug-likeness (QED) is 0.481. The van der Waals surface area contributed by atoms with Crippen LogP contribution in [0.15, 0.2) is 28.6 Å². The number of nitriles is 1. The molecule has 0 radical (unpaired) electrons. The van der Waals surface area contributed by atoms with Crippen LogP contribution in [0.5, 0.6) is 0 Å². The Kier molecular flexibility index (Phi) is 4.38. The lowest BCUT2D eigenvalue weighted by atomic mass is 10.3. The fraction of sp³-hybridized carbons (Fsp3) is 0.200. The molecule has 0 aliphatic carbocycles. The second-order valence-electron chi connectivity index (χ2n) is 2.55. The molecule has 0 saturated carbocycles. The van der Waals surface area contributed by atoms with Gasteiger partial charge in [-0.2, -0.15) is 16.6 Å². The Morgan fingerprint density at radius 3 is 3.13 bits per heavy atom. The zero-order chi connectivity index (χ0) is 11.1. The third-order valence-electron chi connectivity index (χ3n) is 1.52. The monoisotopic (exact) mass is 222 g/mol. The van der Waals surface area contributed by atoms with Crippen LogP contribution in [-0.2, 0) is 9.53 Å². The Labute approximate surface area is 91.8 Å². The van der Waals surface area contributed by atoms with Crippen molar-refractivity contribution >= 4 is 23.0 Å². The van der Waals surface area contributed by atoms with Crippen molar-refractivity contribution in [3.63, 3.8) is 0 Å². The lowest BCUT2D eigenvalue weighted by Crippen LogP contribution is -2.07. The van der Waals surface area contributed by atoms with E-state index in [-0.39, 0.29) is 12.2 Å². The first kappa shape index (κ1) is 11.3. The van der Waals surface area contributed by atoms with Gasteiger partial charge in [-0.3, -0.25) is 0 Å². The van der Waals surface area contributed by atoms with E-state index in [9.17, 15) is 4.79 Å². The Morgan fingerprint density at radius 2 is 2.60 bits per heavy atom. The number of nitrogens with zero attached hydrogens (tertiary/aromatic N) is 1. The van der Waals surface area contributed by atoms with Crippen LogP contribution < -0.4 is 5.32 Å². The maximum atomic E-state index is 11.2. The first-order valence-corrected chi connectivity index (χ1v) is 5.28. The number of carbonyl (C=O) groups is 1. The summed E-state index contributed by atoms with van der Waals surface area (Å²) in [5.74, 6) is -0.609. The highest BCUT2D eigenvalue weighted by atomic mass is 32.1. The van der Waals surface area contributed by atoms with Gasteiger partial charge in [-0.05, 0) is 18.4 Å². The minimum Gasteiger partial charge on any atom is -0.462 e. The number of rotatable bonds is 4. The third kappa shape index (κ3) is 3.44. The second-order valence-corrected chi connectivity index (χ2v) is 3.33. The summed E-state index contributed by atoms with van der Waals surface area (Å²) >= 11 is 1.53. The molecule has 0 unspecified atom stereocenters. The number of ether oxygens (including phenoxy) is 1. The second kappa shape index (κ2) is 5.83. The molecule has 78 valence electrons. The van der Waals surface area contributed by atoms with Crippen molar-refractivity contribution in [1.82, 2.24) is 0 Å². The van der Waals surface area contributed by atoms with Crippen molar-refractivity contribution in [2.24, 2.45) is 0 Å². The molecule has 0 atom stereocenters. The van der Waals surface area contributed by atoms with Crippen molar-refractivity contribution in [2.75, 3.05) is 11.9 Å². The Balaban J connectivity index is 2.63. The van der Waals surface area contributed by atoms with Gasteiger partial charge in [0.05, 0.1) is 6.61 Å². The Hall–Kier alpha value is -1.80. The number of hydrogen-bond donors (Lipinski definition) is 1. The van der Waals surface area contributed by atoms with E-state index in [4.69, 9.17) is 10.00 Å². The minimum absolute atomic E-state index is 0.0388. The fourth-order valence-electron chi connectivity index (χ4n) is 0.848. The zero-order valence-corrected chi connectivity index (χ0v) is 9.00. The molecule has 1 aromatic rings. The summed E-state index contributed by atoms with van der Waals surface area (Å²) in [6, 6.07) is 3.63. The van der Waals surface area contributed by atoms with Gasteiger partial charge in [-0.15, -0.1) is 0 Å². The molecule has 0 fully saturated rings. The molecular formula is C10H10N2O2S. The first-order chi connectivity index (χ1) is 7.27. The van der Waals surface area contributed by atoms with E-state index in [2.05, 4.69) is 5.32 Å². The molecule has 4 nitrogen and oxygen atoms in total. The summed E-state index contributed by atoms with van der Waals surface area (Å²) in [7, 11) is 0. The van der Waals surface area contributed by atoms with Gasteiger partial charge >= 0.3 is 5.97 Å². The van der Waals surface area contributed by atoms with Crippen molar-refractivity contribution in [3.05, 3.63) is 28.6 Å². The van der Waals surface area contributed by atoms with Crippen LogP contribution in [0, 0.1) is 11.3 Å². The number of thiophene rings is 1. The van der Waals surface area contributed by atoms with Crippen LogP contribution in [0.4, 0.5) is 5.69 Å². The molecule has 0 aliphatic heterocycles. The highest BCUT2D eigenvalue weighted by Gasteiger charge is 2.08. The van der Waals surface area contributed by atoms with E-state index in [1.807, 2.05) is 16.8 Å². The Morgan fingerprint density at radius 1 is 1.80 bits per heavy atom. The number of nitrogens with one attached hydrogen (secondary N) is 1. The highest BCUT2D eigenvalue weighted by molar-refractivity contribution is 7.08. The molecule has 5 heteroatoms. The van der Waals surface area contributed by atoms with Crippen molar-refractivity contribution in [3.8, 4) is 6.07 Å². The third-order valence-corrected chi connectivity index (χ3v) is 2.20. The molecule has 15 heavy (non-hydrogen) atoms. The Bertz CT molecular complexity index is 390. The van der Waals surface area contributed by atoms with Crippen LogP contribution in [0.2, 0.25) is 0 Å². The van der Waals surface area contributed by atoms with Crippen molar-refractivity contribution in [2.45, 2.75) is 6.92 Å². The van der Waals surface area contributed by atoms with Crippen LogP contribution in [0.3, 0.4) is 0 Å². The van der Waals surface area contributed by atoms with Gasteiger partial charge in [0, 0.05) is 17.3 Å². The molecule has 0 aliphatic rings. The van der Waals surface area contributed by atoms with E-state index in [1.54, 1.807) is 13.0 Å².